The van der Waals surface area contributed by atoms with Crippen LogP contribution in [0.15, 0.2) is 16.7 Å². The third-order valence-corrected chi connectivity index (χ3v) is 3.17. The van der Waals surface area contributed by atoms with Gasteiger partial charge in [-0.25, -0.2) is 0 Å². The number of aryl methyl sites for hydroxylation is 1. The summed E-state index contributed by atoms with van der Waals surface area (Å²) in [7, 11) is 0. The molecular formula is C13H22N2O. The average molecular weight is 222 g/mol. The maximum atomic E-state index is 5.28. The number of hydrogen-bond acceptors (Lipinski definition) is 3. The van der Waals surface area contributed by atoms with E-state index in [0.29, 0.717) is 6.04 Å². The van der Waals surface area contributed by atoms with E-state index >= 15 is 0 Å². The lowest BCUT2D eigenvalue weighted by Crippen LogP contribution is -2.37. The van der Waals surface area contributed by atoms with Crippen LogP contribution in [0.1, 0.15) is 31.1 Å². The summed E-state index contributed by atoms with van der Waals surface area (Å²) in [6.45, 7) is 8.86. The summed E-state index contributed by atoms with van der Waals surface area (Å²) in [5.41, 5.74) is 1.24. The molecule has 16 heavy (non-hydrogen) atoms. The highest BCUT2D eigenvalue weighted by Gasteiger charge is 2.14. The van der Waals surface area contributed by atoms with Crippen LogP contribution in [-0.2, 0) is 6.54 Å². The Morgan fingerprint density at radius 2 is 2.19 bits per heavy atom. The highest BCUT2D eigenvalue weighted by Crippen LogP contribution is 2.09. The lowest BCUT2D eigenvalue weighted by atomic mass is 10.2. The maximum Gasteiger partial charge on any atom is 0.101 e. The number of furan rings is 1. The normalized spacial score (nSPS) is 19.1. The molecule has 2 heterocycles. The largest absolute Gasteiger partial charge is 0.469 e. The quantitative estimate of drug-likeness (QED) is 0.827. The summed E-state index contributed by atoms with van der Waals surface area (Å²) in [5, 5.41) is 3.54. The minimum Gasteiger partial charge on any atom is -0.469 e. The van der Waals surface area contributed by atoms with E-state index in [0.717, 1.165) is 18.8 Å². The van der Waals surface area contributed by atoms with Crippen molar-refractivity contribution in [3.63, 3.8) is 0 Å². The van der Waals surface area contributed by atoms with Crippen LogP contribution < -0.4 is 5.32 Å². The number of likely N-dealkylation sites (tertiary alicyclic amines) is 1. The van der Waals surface area contributed by atoms with Crippen LogP contribution >= 0.6 is 0 Å². The van der Waals surface area contributed by atoms with Crippen molar-refractivity contribution in [1.29, 1.82) is 0 Å². The fourth-order valence-corrected chi connectivity index (χ4v) is 2.30. The lowest BCUT2D eigenvalue weighted by Gasteiger charge is -2.20. The lowest BCUT2D eigenvalue weighted by molar-refractivity contribution is 0.298. The zero-order valence-electron chi connectivity index (χ0n) is 10.3. The van der Waals surface area contributed by atoms with Gasteiger partial charge in [0.05, 0.1) is 6.26 Å². The molecule has 1 aromatic heterocycles. The molecule has 1 saturated heterocycles. The molecule has 0 bridgehead atoms. The van der Waals surface area contributed by atoms with Crippen molar-refractivity contribution in [2.24, 2.45) is 0 Å². The van der Waals surface area contributed by atoms with E-state index in [1.165, 1.54) is 31.5 Å². The molecule has 0 spiro atoms. The van der Waals surface area contributed by atoms with Gasteiger partial charge < -0.3 is 14.6 Å². The molecule has 1 aromatic rings. The van der Waals surface area contributed by atoms with Gasteiger partial charge in [0.15, 0.2) is 0 Å². The minimum absolute atomic E-state index is 0.549. The number of hydrogen-bond donors (Lipinski definition) is 1. The molecule has 0 aliphatic carbocycles. The summed E-state index contributed by atoms with van der Waals surface area (Å²) in [4.78, 5) is 2.54. The van der Waals surface area contributed by atoms with E-state index in [1.54, 1.807) is 0 Å². The van der Waals surface area contributed by atoms with E-state index in [4.69, 9.17) is 4.42 Å². The van der Waals surface area contributed by atoms with Gasteiger partial charge in [-0.15, -0.1) is 0 Å². The first kappa shape index (κ1) is 11.7. The molecular weight excluding hydrogens is 200 g/mol. The molecule has 0 aromatic carbocycles. The second-order valence-corrected chi connectivity index (χ2v) is 4.86. The molecule has 1 fully saturated rings. The molecule has 3 nitrogen and oxygen atoms in total. The van der Waals surface area contributed by atoms with Gasteiger partial charge in [0.2, 0.25) is 0 Å². The molecule has 0 amide bonds. The smallest absolute Gasteiger partial charge is 0.101 e. The van der Waals surface area contributed by atoms with Crippen molar-refractivity contribution in [2.75, 3.05) is 19.6 Å². The van der Waals surface area contributed by atoms with E-state index in [1.807, 2.05) is 13.2 Å². The highest BCUT2D eigenvalue weighted by atomic mass is 16.3. The number of rotatable bonds is 5. The molecule has 1 atom stereocenters. The van der Waals surface area contributed by atoms with Crippen molar-refractivity contribution in [1.82, 2.24) is 10.2 Å². The fourth-order valence-electron chi connectivity index (χ4n) is 2.30. The summed E-state index contributed by atoms with van der Waals surface area (Å²) < 4.78 is 5.28. The maximum absolute atomic E-state index is 5.28. The predicted molar refractivity (Wildman–Crippen MR) is 65.4 cm³/mol. The second-order valence-electron chi connectivity index (χ2n) is 4.86. The van der Waals surface area contributed by atoms with E-state index < -0.39 is 0 Å². The Labute approximate surface area is 97.8 Å². The first-order chi connectivity index (χ1) is 7.74. The van der Waals surface area contributed by atoms with Gasteiger partial charge in [0.1, 0.15) is 5.76 Å². The van der Waals surface area contributed by atoms with Gasteiger partial charge in [-0.3, -0.25) is 0 Å². The van der Waals surface area contributed by atoms with Gasteiger partial charge in [-0.1, -0.05) is 0 Å². The zero-order chi connectivity index (χ0) is 11.4. The Morgan fingerprint density at radius 3 is 2.81 bits per heavy atom. The molecule has 2 rings (SSSR count). The molecule has 3 heteroatoms. The van der Waals surface area contributed by atoms with Gasteiger partial charge in [-0.05, 0) is 45.8 Å². The second kappa shape index (κ2) is 5.51. The molecule has 90 valence electrons. The van der Waals surface area contributed by atoms with Gasteiger partial charge in [0.25, 0.3) is 0 Å². The van der Waals surface area contributed by atoms with Crippen molar-refractivity contribution >= 4 is 0 Å². The minimum atomic E-state index is 0.549. The first-order valence-electron chi connectivity index (χ1n) is 6.24. The Balaban J connectivity index is 1.68. The molecule has 0 saturated carbocycles. The molecule has 1 N–H and O–H groups in total. The van der Waals surface area contributed by atoms with Crippen LogP contribution in [0.25, 0.3) is 0 Å². The summed E-state index contributed by atoms with van der Waals surface area (Å²) in [5.74, 6) is 0.990. The van der Waals surface area contributed by atoms with Gasteiger partial charge in [0, 0.05) is 24.7 Å². The Kier molecular flexibility index (Phi) is 4.02. The van der Waals surface area contributed by atoms with Crippen LogP contribution in [-0.4, -0.2) is 30.6 Å². The molecule has 1 unspecified atom stereocenters. The molecule has 0 radical (unpaired) electrons. The third-order valence-electron chi connectivity index (χ3n) is 3.17. The average Bonchev–Trinajstić information content (AvgIpc) is 2.87. The number of nitrogens with zero attached hydrogens (tertiary/aromatic N) is 1. The van der Waals surface area contributed by atoms with E-state index in [-0.39, 0.29) is 0 Å². The summed E-state index contributed by atoms with van der Waals surface area (Å²) in [6, 6.07) is 2.64. The van der Waals surface area contributed by atoms with E-state index in [9.17, 15) is 0 Å². The van der Waals surface area contributed by atoms with Crippen LogP contribution in [0.5, 0.6) is 0 Å². The first-order valence-corrected chi connectivity index (χ1v) is 6.24. The monoisotopic (exact) mass is 222 g/mol. The Bertz CT molecular complexity index is 315. The topological polar surface area (TPSA) is 28.4 Å². The predicted octanol–water partition coefficient (Wildman–Crippen LogP) is 2.16. The van der Waals surface area contributed by atoms with Crippen molar-refractivity contribution in [2.45, 2.75) is 39.3 Å². The Hall–Kier alpha value is -0.800. The van der Waals surface area contributed by atoms with Crippen LogP contribution in [0.3, 0.4) is 0 Å². The van der Waals surface area contributed by atoms with E-state index in [2.05, 4.69) is 23.2 Å². The Morgan fingerprint density at radius 1 is 1.44 bits per heavy atom. The van der Waals surface area contributed by atoms with Crippen LogP contribution in [0.4, 0.5) is 0 Å². The molecule has 1 aliphatic heterocycles. The highest BCUT2D eigenvalue weighted by molar-refractivity contribution is 5.11. The molecule has 1 aliphatic rings. The summed E-state index contributed by atoms with van der Waals surface area (Å²) >= 11 is 0. The SMILES string of the molecule is Cc1cc(CNC(C)CN2CCCC2)co1. The van der Waals surface area contributed by atoms with Crippen LogP contribution in [0, 0.1) is 6.92 Å². The van der Waals surface area contributed by atoms with Crippen molar-refractivity contribution in [3.05, 3.63) is 23.7 Å². The summed E-state index contributed by atoms with van der Waals surface area (Å²) in [6.07, 6.45) is 4.58. The van der Waals surface area contributed by atoms with Crippen molar-refractivity contribution < 1.29 is 4.42 Å². The number of nitrogens with one attached hydrogen (secondary N) is 1. The standard InChI is InChI=1S/C13H22N2O/c1-11(9-15-5-3-4-6-15)14-8-13-7-12(2)16-10-13/h7,10-11,14H,3-6,8-9H2,1-2H3. The fraction of sp³-hybridized carbons (Fsp3) is 0.692. The third kappa shape index (κ3) is 3.35. The van der Waals surface area contributed by atoms with Gasteiger partial charge >= 0.3 is 0 Å². The van der Waals surface area contributed by atoms with Crippen molar-refractivity contribution in [3.8, 4) is 0 Å². The zero-order valence-corrected chi connectivity index (χ0v) is 10.3. The van der Waals surface area contributed by atoms with Crippen LogP contribution in [0.2, 0.25) is 0 Å². The van der Waals surface area contributed by atoms with Gasteiger partial charge in [-0.2, -0.15) is 0 Å².